The van der Waals surface area contributed by atoms with Crippen LogP contribution in [0.5, 0.6) is 0 Å². The van der Waals surface area contributed by atoms with Crippen LogP contribution in [-0.2, 0) is 12.7 Å². The SMILES string of the molecule is Cc1c(CNc2nncc3ccc(N4CCN(C)CC4)cc23)cccc1C(F)(F)F. The second-order valence-corrected chi connectivity index (χ2v) is 7.70. The van der Waals surface area contributed by atoms with Crippen molar-refractivity contribution in [1.29, 1.82) is 0 Å². The first kappa shape index (κ1) is 20.4. The summed E-state index contributed by atoms with van der Waals surface area (Å²) in [6.45, 7) is 5.65. The molecule has 30 heavy (non-hydrogen) atoms. The van der Waals surface area contributed by atoms with Gasteiger partial charge in [0.1, 0.15) is 0 Å². The van der Waals surface area contributed by atoms with Crippen molar-refractivity contribution in [1.82, 2.24) is 15.1 Å². The molecule has 0 atom stereocenters. The summed E-state index contributed by atoms with van der Waals surface area (Å²) in [7, 11) is 2.12. The molecule has 0 radical (unpaired) electrons. The Morgan fingerprint density at radius 3 is 2.57 bits per heavy atom. The van der Waals surface area contributed by atoms with Crippen molar-refractivity contribution < 1.29 is 13.2 Å². The van der Waals surface area contributed by atoms with Gasteiger partial charge in [0.05, 0.1) is 11.8 Å². The van der Waals surface area contributed by atoms with Gasteiger partial charge in [-0.05, 0) is 43.3 Å². The number of hydrogen-bond acceptors (Lipinski definition) is 5. The van der Waals surface area contributed by atoms with Gasteiger partial charge in [-0.25, -0.2) is 0 Å². The van der Waals surface area contributed by atoms with Gasteiger partial charge in [-0.15, -0.1) is 5.10 Å². The van der Waals surface area contributed by atoms with E-state index in [0.29, 0.717) is 11.4 Å². The number of rotatable bonds is 4. The number of benzene rings is 2. The normalized spacial score (nSPS) is 15.6. The molecular weight excluding hydrogens is 391 g/mol. The van der Waals surface area contributed by atoms with E-state index in [1.165, 1.54) is 13.0 Å². The lowest BCUT2D eigenvalue weighted by molar-refractivity contribution is -0.138. The second-order valence-electron chi connectivity index (χ2n) is 7.70. The minimum absolute atomic E-state index is 0.226. The molecular formula is C22H24F3N5. The maximum Gasteiger partial charge on any atom is 0.416 e. The Balaban J connectivity index is 1.60. The van der Waals surface area contributed by atoms with Gasteiger partial charge < -0.3 is 15.1 Å². The number of alkyl halides is 3. The number of piperazine rings is 1. The predicted octanol–water partition coefficient (Wildman–Crippen LogP) is 4.32. The van der Waals surface area contributed by atoms with E-state index in [-0.39, 0.29) is 12.1 Å². The lowest BCUT2D eigenvalue weighted by Crippen LogP contribution is -2.44. The van der Waals surface area contributed by atoms with Gasteiger partial charge in [-0.3, -0.25) is 0 Å². The van der Waals surface area contributed by atoms with Crippen molar-refractivity contribution >= 4 is 22.3 Å². The molecule has 0 spiro atoms. The smallest absolute Gasteiger partial charge is 0.369 e. The van der Waals surface area contributed by atoms with Crippen molar-refractivity contribution in [3.63, 3.8) is 0 Å². The maximum atomic E-state index is 13.2. The van der Waals surface area contributed by atoms with Crippen molar-refractivity contribution in [3.05, 3.63) is 59.3 Å². The lowest BCUT2D eigenvalue weighted by Gasteiger charge is -2.34. The first-order valence-corrected chi connectivity index (χ1v) is 9.91. The van der Waals surface area contributed by atoms with E-state index in [2.05, 4.69) is 44.5 Å². The maximum absolute atomic E-state index is 13.2. The zero-order chi connectivity index (χ0) is 21.3. The van der Waals surface area contributed by atoms with E-state index in [4.69, 9.17) is 0 Å². The molecule has 3 aromatic rings. The topological polar surface area (TPSA) is 44.3 Å². The summed E-state index contributed by atoms with van der Waals surface area (Å²) in [5.41, 5.74) is 1.31. The fraction of sp³-hybridized carbons (Fsp3) is 0.364. The lowest BCUT2D eigenvalue weighted by atomic mass is 10.0. The summed E-state index contributed by atoms with van der Waals surface area (Å²) in [6, 6.07) is 10.4. The van der Waals surface area contributed by atoms with Crippen LogP contribution in [0.1, 0.15) is 16.7 Å². The Bertz CT molecular complexity index is 1040. The van der Waals surface area contributed by atoms with Crippen LogP contribution in [0.4, 0.5) is 24.7 Å². The largest absolute Gasteiger partial charge is 0.416 e. The molecule has 2 aromatic carbocycles. The van der Waals surface area contributed by atoms with Crippen molar-refractivity contribution in [2.24, 2.45) is 0 Å². The first-order chi connectivity index (χ1) is 14.3. The summed E-state index contributed by atoms with van der Waals surface area (Å²) in [6.07, 6.45) is -2.67. The third kappa shape index (κ3) is 4.18. The van der Waals surface area contributed by atoms with Gasteiger partial charge >= 0.3 is 6.18 Å². The molecule has 0 bridgehead atoms. The summed E-state index contributed by atoms with van der Waals surface area (Å²) >= 11 is 0. The van der Waals surface area contributed by atoms with E-state index in [1.54, 1.807) is 12.3 Å². The molecule has 1 aromatic heterocycles. The molecule has 1 aliphatic heterocycles. The molecule has 0 amide bonds. The summed E-state index contributed by atoms with van der Waals surface area (Å²) in [5, 5.41) is 13.3. The number of nitrogens with one attached hydrogen (secondary N) is 1. The van der Waals surface area contributed by atoms with Crippen LogP contribution < -0.4 is 10.2 Å². The van der Waals surface area contributed by atoms with Crippen molar-refractivity contribution in [2.45, 2.75) is 19.6 Å². The minimum Gasteiger partial charge on any atom is -0.369 e. The Kier molecular flexibility index (Phi) is 5.51. The van der Waals surface area contributed by atoms with E-state index in [9.17, 15) is 13.2 Å². The number of nitrogens with zero attached hydrogens (tertiary/aromatic N) is 4. The standard InChI is InChI=1S/C22H24F3N5/c1-15-16(4-3-5-20(15)22(23,24)25)13-26-21-19-12-18(7-6-17(19)14-27-28-21)30-10-8-29(2)9-11-30/h3-7,12,14H,8-11,13H2,1-2H3,(H,26,28). The highest BCUT2D eigenvalue weighted by Gasteiger charge is 2.32. The summed E-state index contributed by atoms with van der Waals surface area (Å²) in [5.74, 6) is 0.570. The number of aromatic nitrogens is 2. The van der Waals surface area contributed by atoms with Gasteiger partial charge in [0, 0.05) is 49.2 Å². The highest BCUT2D eigenvalue weighted by atomic mass is 19.4. The predicted molar refractivity (Wildman–Crippen MR) is 113 cm³/mol. The number of fused-ring (bicyclic) bond motifs is 1. The van der Waals surface area contributed by atoms with Crippen LogP contribution in [-0.4, -0.2) is 48.3 Å². The zero-order valence-corrected chi connectivity index (χ0v) is 17.0. The molecule has 1 aliphatic rings. The quantitative estimate of drug-likeness (QED) is 0.688. The van der Waals surface area contributed by atoms with Gasteiger partial charge in [0.25, 0.3) is 0 Å². The molecule has 0 saturated carbocycles. The van der Waals surface area contributed by atoms with Gasteiger partial charge in [0.2, 0.25) is 0 Å². The summed E-state index contributed by atoms with van der Waals surface area (Å²) < 4.78 is 39.6. The molecule has 2 heterocycles. The Morgan fingerprint density at radius 2 is 1.83 bits per heavy atom. The highest BCUT2D eigenvalue weighted by molar-refractivity contribution is 5.93. The molecule has 5 nitrogen and oxygen atoms in total. The molecule has 1 saturated heterocycles. The molecule has 0 aliphatic carbocycles. The van der Waals surface area contributed by atoms with Gasteiger partial charge in [-0.2, -0.15) is 18.3 Å². The van der Waals surface area contributed by atoms with Crippen LogP contribution in [0.15, 0.2) is 42.6 Å². The number of likely N-dealkylation sites (N-methyl/N-ethyl adjacent to an activating group) is 1. The van der Waals surface area contributed by atoms with Crippen LogP contribution in [0.3, 0.4) is 0 Å². The van der Waals surface area contributed by atoms with Crippen LogP contribution in [0.25, 0.3) is 10.8 Å². The van der Waals surface area contributed by atoms with Crippen molar-refractivity contribution in [2.75, 3.05) is 43.4 Å². The molecule has 0 unspecified atom stereocenters. The van der Waals surface area contributed by atoms with Crippen molar-refractivity contribution in [3.8, 4) is 0 Å². The zero-order valence-electron chi connectivity index (χ0n) is 17.0. The van der Waals surface area contributed by atoms with E-state index in [1.807, 2.05) is 6.07 Å². The molecule has 1 N–H and O–H groups in total. The third-order valence-corrected chi connectivity index (χ3v) is 5.71. The van der Waals surface area contributed by atoms with E-state index >= 15 is 0 Å². The number of anilines is 2. The monoisotopic (exact) mass is 415 g/mol. The Hall–Kier alpha value is -2.87. The van der Waals surface area contributed by atoms with Crippen LogP contribution in [0.2, 0.25) is 0 Å². The fourth-order valence-corrected chi connectivity index (χ4v) is 3.82. The second kappa shape index (κ2) is 8.10. The third-order valence-electron chi connectivity index (χ3n) is 5.71. The molecule has 8 heteroatoms. The Morgan fingerprint density at radius 1 is 1.07 bits per heavy atom. The van der Waals surface area contributed by atoms with Crippen LogP contribution >= 0.6 is 0 Å². The highest BCUT2D eigenvalue weighted by Crippen LogP contribution is 2.33. The molecule has 158 valence electrons. The average molecular weight is 415 g/mol. The van der Waals surface area contributed by atoms with Crippen LogP contribution in [0, 0.1) is 6.92 Å². The molecule has 4 rings (SSSR count). The average Bonchev–Trinajstić information content (AvgIpc) is 2.72. The van der Waals surface area contributed by atoms with Gasteiger partial charge in [-0.1, -0.05) is 18.2 Å². The first-order valence-electron chi connectivity index (χ1n) is 9.91. The number of halogens is 3. The van der Waals surface area contributed by atoms with E-state index in [0.717, 1.165) is 48.7 Å². The fourth-order valence-electron chi connectivity index (χ4n) is 3.82. The number of hydrogen-bond donors (Lipinski definition) is 1. The summed E-state index contributed by atoms with van der Waals surface area (Å²) in [4.78, 5) is 4.63. The molecule has 1 fully saturated rings. The van der Waals surface area contributed by atoms with Gasteiger partial charge in [0.15, 0.2) is 5.82 Å². The Labute approximate surface area is 173 Å². The van der Waals surface area contributed by atoms with E-state index < -0.39 is 11.7 Å². The minimum atomic E-state index is -4.36.